The molecule has 1 aliphatic carbocycles. The minimum Gasteiger partial charge on any atom is -0.758 e. The second-order valence-electron chi connectivity index (χ2n) is 5.70. The van der Waals surface area contributed by atoms with Crippen molar-refractivity contribution in [3.63, 3.8) is 0 Å². The molecule has 7 heteroatoms. The van der Waals surface area contributed by atoms with E-state index in [4.69, 9.17) is 0 Å². The summed E-state index contributed by atoms with van der Waals surface area (Å²) in [6.07, 6.45) is -0.398. The van der Waals surface area contributed by atoms with E-state index in [1.54, 1.807) is 0 Å². The third-order valence-corrected chi connectivity index (χ3v) is 4.29. The van der Waals surface area contributed by atoms with E-state index in [0.29, 0.717) is 17.9 Å². The van der Waals surface area contributed by atoms with Crippen molar-refractivity contribution in [3.05, 3.63) is 51.7 Å². The first-order valence-electron chi connectivity index (χ1n) is 7.19. The van der Waals surface area contributed by atoms with Crippen LogP contribution in [-0.4, -0.2) is 21.9 Å². The van der Waals surface area contributed by atoms with E-state index in [1.165, 1.54) is 12.1 Å². The van der Waals surface area contributed by atoms with Crippen molar-refractivity contribution < 1.29 is 17.9 Å². The number of nitroso groups, excluding NO2 is 1. The van der Waals surface area contributed by atoms with Gasteiger partial charge in [0.1, 0.15) is 5.70 Å². The van der Waals surface area contributed by atoms with Crippen molar-refractivity contribution in [1.82, 2.24) is 5.06 Å². The number of benzene rings is 1. The van der Waals surface area contributed by atoms with Gasteiger partial charge in [-0.3, -0.25) is 0 Å². The Bertz CT molecular complexity index is 627. The fraction of sp³-hybridized carbons (Fsp3) is 0.467. The number of alkyl halides is 3. The van der Waals surface area contributed by atoms with Gasteiger partial charge in [-0.05, 0) is 25.0 Å². The monoisotopic (exact) mass is 312 g/mol. The van der Waals surface area contributed by atoms with Crippen molar-refractivity contribution >= 4 is 5.70 Å². The first-order valence-corrected chi connectivity index (χ1v) is 7.19. The molecule has 2 atom stereocenters. The number of hydrogen-bond donors (Lipinski definition) is 0. The number of halogens is 3. The molecule has 0 saturated heterocycles. The summed E-state index contributed by atoms with van der Waals surface area (Å²) in [7, 11) is 0. The summed E-state index contributed by atoms with van der Waals surface area (Å²) in [4.78, 5) is 12.1. The van der Waals surface area contributed by atoms with Crippen LogP contribution in [0.15, 0.2) is 30.5 Å². The van der Waals surface area contributed by atoms with Crippen LogP contribution in [-0.2, 0) is 6.18 Å². The molecule has 118 valence electrons. The van der Waals surface area contributed by atoms with Crippen LogP contribution in [0.5, 0.6) is 0 Å². The van der Waals surface area contributed by atoms with Gasteiger partial charge in [0.15, 0.2) is 0 Å². The van der Waals surface area contributed by atoms with Crippen molar-refractivity contribution in [3.8, 4) is 0 Å². The standard InChI is InChI=1S/C15H15F3N2O2/c16-15(17,18)11-5-3-4-10(8-11)14-9-19(21)12-6-1-2-7-13(12)20(14)22/h3-5,8-9,12-13H,1-2,6-7H2/t12-,13-/m0/s1. The molecule has 4 nitrogen and oxygen atoms in total. The van der Waals surface area contributed by atoms with Gasteiger partial charge in [-0.1, -0.05) is 18.6 Å². The molecule has 22 heavy (non-hydrogen) atoms. The summed E-state index contributed by atoms with van der Waals surface area (Å²) in [6, 6.07) is 3.63. The van der Waals surface area contributed by atoms with Crippen LogP contribution in [0, 0.1) is 10.1 Å². The second-order valence-corrected chi connectivity index (χ2v) is 5.70. The number of hydroxylamine groups is 2. The first kappa shape index (κ1) is 15.0. The maximum Gasteiger partial charge on any atom is 0.416 e. The summed E-state index contributed by atoms with van der Waals surface area (Å²) in [5.74, 6) is 0. The lowest BCUT2D eigenvalue weighted by Crippen LogP contribution is -2.49. The average molecular weight is 312 g/mol. The van der Waals surface area contributed by atoms with Crippen LogP contribution in [0.2, 0.25) is 0 Å². The van der Waals surface area contributed by atoms with Crippen LogP contribution in [0.3, 0.4) is 0 Å². The van der Waals surface area contributed by atoms with E-state index in [-0.39, 0.29) is 11.3 Å². The Morgan fingerprint density at radius 3 is 2.68 bits per heavy atom. The lowest BCUT2D eigenvalue weighted by molar-refractivity contribution is -0.536. The molecular formula is C15H15F3N2O2. The molecular weight excluding hydrogens is 297 g/mol. The molecule has 1 fully saturated rings. The molecule has 0 N–H and O–H groups in total. The molecule has 0 unspecified atom stereocenters. The SMILES string of the molecule is O=[N+]1C=C(c2cccc(C(F)(F)F)c2)N([O-])[C@H]2CCCC[C@@H]21. The molecule has 1 aliphatic heterocycles. The number of hydrogen-bond acceptors (Lipinski definition) is 3. The lowest BCUT2D eigenvalue weighted by Gasteiger charge is -2.44. The number of nitrogens with zero attached hydrogens (tertiary/aromatic N) is 2. The van der Waals surface area contributed by atoms with Crippen molar-refractivity contribution in [2.45, 2.75) is 43.9 Å². The zero-order valence-electron chi connectivity index (χ0n) is 11.7. The van der Waals surface area contributed by atoms with E-state index >= 15 is 0 Å². The Balaban J connectivity index is 1.99. The zero-order valence-corrected chi connectivity index (χ0v) is 11.7. The molecule has 2 aliphatic rings. The second kappa shape index (κ2) is 5.39. The highest BCUT2D eigenvalue weighted by Crippen LogP contribution is 2.36. The maximum atomic E-state index is 12.8. The molecule has 0 radical (unpaired) electrons. The van der Waals surface area contributed by atoms with E-state index in [2.05, 4.69) is 0 Å². The Morgan fingerprint density at radius 1 is 1.23 bits per heavy atom. The Morgan fingerprint density at radius 2 is 1.95 bits per heavy atom. The summed E-state index contributed by atoms with van der Waals surface area (Å²) in [6.45, 7) is 0. The van der Waals surface area contributed by atoms with E-state index in [0.717, 1.165) is 35.9 Å². The molecule has 0 amide bonds. The summed E-state index contributed by atoms with van der Waals surface area (Å²) < 4.78 is 39.1. The number of rotatable bonds is 1. The third kappa shape index (κ3) is 2.61. The summed E-state index contributed by atoms with van der Waals surface area (Å²) in [5.41, 5.74) is -0.707. The molecule has 1 aromatic carbocycles. The molecule has 1 aromatic rings. The van der Waals surface area contributed by atoms with Crippen LogP contribution in [0.4, 0.5) is 13.2 Å². The quantitative estimate of drug-likeness (QED) is 0.739. The van der Waals surface area contributed by atoms with Crippen LogP contribution in [0.1, 0.15) is 36.8 Å². The van der Waals surface area contributed by atoms with Gasteiger partial charge >= 0.3 is 6.18 Å². The average Bonchev–Trinajstić information content (AvgIpc) is 2.50. The van der Waals surface area contributed by atoms with Crippen LogP contribution >= 0.6 is 0 Å². The predicted octanol–water partition coefficient (Wildman–Crippen LogP) is 3.91. The Labute approximate surface area is 125 Å². The van der Waals surface area contributed by atoms with Gasteiger partial charge in [-0.25, -0.2) is 0 Å². The van der Waals surface area contributed by atoms with Crippen molar-refractivity contribution in [2.24, 2.45) is 0 Å². The maximum absolute atomic E-state index is 12.8. The van der Waals surface area contributed by atoms with Gasteiger partial charge < -0.3 is 10.3 Å². The van der Waals surface area contributed by atoms with Gasteiger partial charge in [-0.2, -0.15) is 13.2 Å². The zero-order chi connectivity index (χ0) is 15.9. The van der Waals surface area contributed by atoms with E-state index in [1.807, 2.05) is 0 Å². The van der Waals surface area contributed by atoms with Crippen LogP contribution < -0.4 is 0 Å². The normalized spacial score (nSPS) is 25.7. The summed E-state index contributed by atoms with van der Waals surface area (Å²) in [5, 5.41) is 13.2. The highest BCUT2D eigenvalue weighted by Gasteiger charge is 2.42. The smallest absolute Gasteiger partial charge is 0.416 e. The molecule has 0 aromatic heterocycles. The number of fused-ring (bicyclic) bond motifs is 1. The minimum absolute atomic E-state index is 0.00394. The summed E-state index contributed by atoms with van der Waals surface area (Å²) >= 11 is 0. The fourth-order valence-corrected chi connectivity index (χ4v) is 3.17. The largest absolute Gasteiger partial charge is 0.758 e. The topological polar surface area (TPSA) is 46.4 Å². The van der Waals surface area contributed by atoms with Gasteiger partial charge in [0.05, 0.1) is 11.6 Å². The molecule has 0 bridgehead atoms. The highest BCUT2D eigenvalue weighted by atomic mass is 19.4. The van der Waals surface area contributed by atoms with Gasteiger partial charge in [0, 0.05) is 21.7 Å². The van der Waals surface area contributed by atoms with E-state index in [9.17, 15) is 23.3 Å². The third-order valence-electron chi connectivity index (χ3n) is 4.29. The van der Waals surface area contributed by atoms with Gasteiger partial charge in [0.25, 0.3) is 0 Å². The fourth-order valence-electron chi connectivity index (χ4n) is 3.17. The van der Waals surface area contributed by atoms with Gasteiger partial charge in [-0.15, -0.1) is 0 Å². The first-order chi connectivity index (χ1) is 10.4. The van der Waals surface area contributed by atoms with E-state index < -0.39 is 23.8 Å². The predicted molar refractivity (Wildman–Crippen MR) is 74.3 cm³/mol. The Kier molecular flexibility index (Phi) is 3.68. The minimum atomic E-state index is -4.48. The highest BCUT2D eigenvalue weighted by molar-refractivity contribution is 5.65. The molecule has 1 heterocycles. The van der Waals surface area contributed by atoms with Crippen molar-refractivity contribution in [2.75, 3.05) is 0 Å². The molecule has 3 rings (SSSR count). The van der Waals surface area contributed by atoms with Gasteiger partial charge in [0.2, 0.25) is 12.2 Å². The van der Waals surface area contributed by atoms with Crippen molar-refractivity contribution in [1.29, 1.82) is 0 Å². The molecule has 1 saturated carbocycles. The Hall–Kier alpha value is -1.89. The molecule has 0 spiro atoms. The lowest BCUT2D eigenvalue weighted by atomic mass is 9.88. The van der Waals surface area contributed by atoms with Crippen LogP contribution in [0.25, 0.3) is 5.70 Å².